The van der Waals surface area contributed by atoms with Crippen molar-refractivity contribution in [3.8, 4) is 0 Å². The van der Waals surface area contributed by atoms with Gasteiger partial charge in [-0.25, -0.2) is 14.2 Å². The summed E-state index contributed by atoms with van der Waals surface area (Å²) in [6.07, 6.45) is 1.22. The van der Waals surface area contributed by atoms with Gasteiger partial charge in [-0.2, -0.15) is 0 Å². The Labute approximate surface area is 184 Å². The summed E-state index contributed by atoms with van der Waals surface area (Å²) >= 11 is 1.44. The molecule has 1 aromatic rings. The number of amidine groups is 1. The second-order valence-electron chi connectivity index (χ2n) is 7.70. The van der Waals surface area contributed by atoms with Crippen LogP contribution in [0.4, 0.5) is 4.39 Å². The van der Waals surface area contributed by atoms with Crippen LogP contribution in [-0.4, -0.2) is 96.8 Å². The molecule has 170 valence electrons. The largest absolute Gasteiger partial charge is 0.480 e. The number of nitrogens with one attached hydrogen (secondary N) is 1. The van der Waals surface area contributed by atoms with Crippen molar-refractivity contribution >= 4 is 29.1 Å². The minimum atomic E-state index is -1.08. The van der Waals surface area contributed by atoms with Gasteiger partial charge in [-0.05, 0) is 26.9 Å². The molecule has 0 aliphatic carbocycles. The zero-order valence-corrected chi connectivity index (χ0v) is 18.5. The molecule has 2 atom stereocenters. The number of piperidine rings is 1. The number of esters is 1. The molecule has 2 N–H and O–H groups in total. The highest BCUT2D eigenvalue weighted by Crippen LogP contribution is 2.23. The Morgan fingerprint density at radius 2 is 2.29 bits per heavy atom. The molecule has 1 fully saturated rings. The van der Waals surface area contributed by atoms with Crippen LogP contribution in [0.1, 0.15) is 18.4 Å². The Hall–Kier alpha value is -2.37. The van der Waals surface area contributed by atoms with Gasteiger partial charge in [0.2, 0.25) is 0 Å². The van der Waals surface area contributed by atoms with Gasteiger partial charge in [-0.15, -0.1) is 11.3 Å². The maximum atomic E-state index is 14.9. The third-order valence-corrected chi connectivity index (χ3v) is 6.06. The number of likely N-dealkylation sites (N-methyl/N-ethyl adjacent to an activating group) is 1. The second-order valence-corrected chi connectivity index (χ2v) is 8.59. The van der Waals surface area contributed by atoms with E-state index in [1.54, 1.807) is 25.1 Å². The SMILES string of the molecule is CCOC(=O)C1=C(CN2CCC(CN(C)CC(=O)O)C(F)C2)NC(c2nccs2)=NC1. The van der Waals surface area contributed by atoms with E-state index in [0.29, 0.717) is 43.2 Å². The molecular formula is C20H28FN5O4S. The molecule has 31 heavy (non-hydrogen) atoms. The van der Waals surface area contributed by atoms with Gasteiger partial charge in [0.05, 0.1) is 25.3 Å². The summed E-state index contributed by atoms with van der Waals surface area (Å²) < 4.78 is 20.0. The van der Waals surface area contributed by atoms with Crippen LogP contribution in [0.3, 0.4) is 0 Å². The number of aromatic nitrogens is 1. The number of aliphatic carboxylic acids is 1. The standard InChI is InChI=1S/C20H28FN5O4S/c1-3-30-20(29)14-8-23-18(19-22-5-7-31-19)24-16(14)11-26-6-4-13(15(21)10-26)9-25(2)12-17(27)28/h5,7,13,15H,3-4,6,8-12H2,1-2H3,(H,23,24)(H,27,28). The zero-order valence-electron chi connectivity index (χ0n) is 17.7. The normalized spacial score (nSPS) is 22.3. The lowest BCUT2D eigenvalue weighted by atomic mass is 9.94. The molecule has 1 aromatic heterocycles. The van der Waals surface area contributed by atoms with Gasteiger partial charge >= 0.3 is 11.9 Å². The number of carbonyl (C=O) groups is 2. The molecule has 2 aliphatic heterocycles. The smallest absolute Gasteiger partial charge is 0.337 e. The van der Waals surface area contributed by atoms with Gasteiger partial charge in [-0.3, -0.25) is 19.6 Å². The van der Waals surface area contributed by atoms with Crippen LogP contribution in [0.15, 0.2) is 27.8 Å². The van der Waals surface area contributed by atoms with Gasteiger partial charge in [0.15, 0.2) is 10.8 Å². The Morgan fingerprint density at radius 1 is 1.48 bits per heavy atom. The molecule has 0 saturated carbocycles. The van der Waals surface area contributed by atoms with Crippen molar-refractivity contribution in [2.24, 2.45) is 10.9 Å². The minimum absolute atomic E-state index is 0.106. The van der Waals surface area contributed by atoms with E-state index >= 15 is 0 Å². The molecule has 2 unspecified atom stereocenters. The van der Waals surface area contributed by atoms with Crippen LogP contribution in [0.5, 0.6) is 0 Å². The van der Waals surface area contributed by atoms with Crippen LogP contribution in [-0.2, 0) is 14.3 Å². The molecule has 0 bridgehead atoms. The van der Waals surface area contributed by atoms with Gasteiger partial charge < -0.3 is 15.2 Å². The number of thiazole rings is 1. The summed E-state index contributed by atoms with van der Waals surface area (Å²) in [6.45, 7) is 3.73. The molecule has 0 aromatic carbocycles. The average Bonchev–Trinajstić information content (AvgIpc) is 3.24. The number of carboxylic acid groups (broad SMARTS) is 1. The lowest BCUT2D eigenvalue weighted by molar-refractivity contribution is -0.139. The molecule has 1 saturated heterocycles. The predicted octanol–water partition coefficient (Wildman–Crippen LogP) is 0.987. The molecule has 3 rings (SSSR count). The van der Waals surface area contributed by atoms with Crippen LogP contribution in [0.2, 0.25) is 0 Å². The third-order valence-electron chi connectivity index (χ3n) is 5.28. The van der Waals surface area contributed by atoms with Crippen LogP contribution in [0.25, 0.3) is 0 Å². The lowest BCUT2D eigenvalue weighted by Gasteiger charge is -2.37. The number of halogens is 1. The average molecular weight is 454 g/mol. The quantitative estimate of drug-likeness (QED) is 0.533. The Bertz CT molecular complexity index is 845. The summed E-state index contributed by atoms with van der Waals surface area (Å²) in [4.78, 5) is 35.6. The number of hydrogen-bond donors (Lipinski definition) is 2. The number of likely N-dealkylation sites (tertiary alicyclic amines) is 1. The fourth-order valence-corrected chi connectivity index (χ4v) is 4.40. The zero-order chi connectivity index (χ0) is 22.4. The first-order valence-electron chi connectivity index (χ1n) is 10.2. The summed E-state index contributed by atoms with van der Waals surface area (Å²) in [5.74, 6) is -0.963. The van der Waals surface area contributed by atoms with E-state index in [0.717, 1.165) is 5.01 Å². The van der Waals surface area contributed by atoms with E-state index in [2.05, 4.69) is 15.3 Å². The van der Waals surface area contributed by atoms with Crippen molar-refractivity contribution in [2.75, 3.05) is 52.9 Å². The molecule has 0 spiro atoms. The van der Waals surface area contributed by atoms with Crippen LogP contribution < -0.4 is 5.32 Å². The van der Waals surface area contributed by atoms with E-state index in [1.165, 1.54) is 11.3 Å². The fourth-order valence-electron chi connectivity index (χ4n) is 3.80. The fraction of sp³-hybridized carbons (Fsp3) is 0.600. The molecule has 0 radical (unpaired) electrons. The number of carboxylic acids is 1. The topological polar surface area (TPSA) is 107 Å². The monoisotopic (exact) mass is 453 g/mol. The van der Waals surface area contributed by atoms with Gasteiger partial charge in [-0.1, -0.05) is 0 Å². The molecule has 2 aliphatic rings. The number of carbonyl (C=O) groups excluding carboxylic acids is 1. The molecule has 9 nitrogen and oxygen atoms in total. The minimum Gasteiger partial charge on any atom is -0.480 e. The van der Waals surface area contributed by atoms with Crippen LogP contribution >= 0.6 is 11.3 Å². The number of nitrogens with zero attached hydrogens (tertiary/aromatic N) is 4. The first kappa shape index (κ1) is 23.3. The van der Waals surface area contributed by atoms with Crippen molar-refractivity contribution in [1.82, 2.24) is 20.1 Å². The van der Waals surface area contributed by atoms with Crippen molar-refractivity contribution in [2.45, 2.75) is 19.5 Å². The molecular weight excluding hydrogens is 425 g/mol. The molecule has 0 amide bonds. The van der Waals surface area contributed by atoms with Gasteiger partial charge in [0.1, 0.15) is 6.17 Å². The summed E-state index contributed by atoms with van der Waals surface area (Å²) in [7, 11) is 1.69. The third kappa shape index (κ3) is 6.31. The van der Waals surface area contributed by atoms with E-state index in [9.17, 15) is 14.0 Å². The summed E-state index contributed by atoms with van der Waals surface area (Å²) in [6, 6.07) is 0. The van der Waals surface area contributed by atoms with Crippen molar-refractivity contribution in [1.29, 1.82) is 0 Å². The highest BCUT2D eigenvalue weighted by atomic mass is 32.1. The van der Waals surface area contributed by atoms with Crippen molar-refractivity contribution in [3.63, 3.8) is 0 Å². The second kappa shape index (κ2) is 10.8. The van der Waals surface area contributed by atoms with Crippen LogP contribution in [0, 0.1) is 5.92 Å². The maximum Gasteiger partial charge on any atom is 0.337 e. The number of alkyl halides is 1. The Morgan fingerprint density at radius 3 is 2.94 bits per heavy atom. The summed E-state index contributed by atoms with van der Waals surface area (Å²) in [5.41, 5.74) is 1.10. The van der Waals surface area contributed by atoms with Gasteiger partial charge in [0.25, 0.3) is 0 Å². The number of ether oxygens (including phenoxy) is 1. The number of hydrogen-bond acceptors (Lipinski definition) is 9. The predicted molar refractivity (Wildman–Crippen MR) is 115 cm³/mol. The van der Waals surface area contributed by atoms with Crippen molar-refractivity contribution < 1.29 is 23.8 Å². The van der Waals surface area contributed by atoms with Gasteiger partial charge in [0, 0.05) is 42.8 Å². The van der Waals surface area contributed by atoms with Crippen molar-refractivity contribution in [3.05, 3.63) is 27.9 Å². The number of aliphatic imine (C=N–C) groups is 1. The highest BCUT2D eigenvalue weighted by molar-refractivity contribution is 7.11. The van der Waals surface area contributed by atoms with E-state index in [4.69, 9.17) is 9.84 Å². The molecule has 11 heteroatoms. The maximum absolute atomic E-state index is 14.9. The number of rotatable bonds is 9. The molecule has 3 heterocycles. The highest BCUT2D eigenvalue weighted by Gasteiger charge is 2.32. The van der Waals surface area contributed by atoms with E-state index in [1.807, 2.05) is 10.3 Å². The van der Waals surface area contributed by atoms with E-state index < -0.39 is 18.1 Å². The first-order valence-corrected chi connectivity index (χ1v) is 11.1. The first-order chi connectivity index (χ1) is 14.9. The Kier molecular flexibility index (Phi) is 8.10. The summed E-state index contributed by atoms with van der Waals surface area (Å²) in [5, 5.41) is 14.7. The Balaban J connectivity index is 1.65. The lowest BCUT2D eigenvalue weighted by Crippen LogP contribution is -2.48. The van der Waals surface area contributed by atoms with E-state index in [-0.39, 0.29) is 32.2 Å².